The maximum atomic E-state index is 12.2. The molecule has 0 aromatic heterocycles. The van der Waals surface area contributed by atoms with E-state index in [1.54, 1.807) is 12.1 Å². The number of carboxylic acid groups (broad SMARTS) is 1. The Labute approximate surface area is 133 Å². The van der Waals surface area contributed by atoms with Gasteiger partial charge in [0, 0.05) is 16.4 Å². The lowest BCUT2D eigenvalue weighted by atomic mass is 10.0. The van der Waals surface area contributed by atoms with Gasteiger partial charge in [-0.25, -0.2) is 4.79 Å². The second kappa shape index (κ2) is 8.14. The van der Waals surface area contributed by atoms with Crippen LogP contribution in [0, 0.1) is 5.92 Å². The average Bonchev–Trinajstić information content (AvgIpc) is 2.40. The number of nitrogens with two attached hydrogens (primary N) is 1. The van der Waals surface area contributed by atoms with Crippen molar-refractivity contribution < 1.29 is 14.7 Å². The Hall–Kier alpha value is -1.40. The maximum Gasteiger partial charge on any atom is 0.337 e. The third kappa shape index (κ3) is 5.47. The van der Waals surface area contributed by atoms with Crippen LogP contribution in [0.1, 0.15) is 43.5 Å². The van der Waals surface area contributed by atoms with Crippen molar-refractivity contribution in [2.75, 3.05) is 5.32 Å². The molecule has 1 aromatic carbocycles. The van der Waals surface area contributed by atoms with Crippen LogP contribution < -0.4 is 11.1 Å². The normalized spacial score (nSPS) is 13.5. The van der Waals surface area contributed by atoms with E-state index in [-0.39, 0.29) is 23.4 Å². The van der Waals surface area contributed by atoms with Gasteiger partial charge in [0.2, 0.25) is 5.91 Å². The number of hydrogen-bond acceptors (Lipinski definition) is 3. The molecule has 0 saturated heterocycles. The molecule has 0 aliphatic heterocycles. The highest BCUT2D eigenvalue weighted by molar-refractivity contribution is 9.10. The monoisotopic (exact) mass is 356 g/mol. The van der Waals surface area contributed by atoms with Gasteiger partial charge in [0.15, 0.2) is 0 Å². The Bertz CT molecular complexity index is 518. The zero-order chi connectivity index (χ0) is 16.0. The Balaban J connectivity index is 2.72. The van der Waals surface area contributed by atoms with Crippen LogP contribution in [0.15, 0.2) is 22.7 Å². The van der Waals surface area contributed by atoms with E-state index in [0.29, 0.717) is 10.2 Å². The van der Waals surface area contributed by atoms with E-state index in [1.807, 2.05) is 13.8 Å². The van der Waals surface area contributed by atoms with Gasteiger partial charge in [0.25, 0.3) is 0 Å². The Morgan fingerprint density at radius 2 is 2.00 bits per heavy atom. The van der Waals surface area contributed by atoms with Crippen LogP contribution in [0.5, 0.6) is 0 Å². The lowest BCUT2D eigenvalue weighted by molar-refractivity contribution is -0.119. The molecular weight excluding hydrogens is 336 g/mol. The molecule has 0 radical (unpaired) electrons. The van der Waals surface area contributed by atoms with Crippen LogP contribution in [-0.2, 0) is 4.79 Å². The second-order valence-electron chi connectivity index (χ2n) is 5.27. The minimum absolute atomic E-state index is 0.0699. The van der Waals surface area contributed by atoms with Gasteiger partial charge in [-0.3, -0.25) is 4.79 Å². The van der Waals surface area contributed by atoms with Crippen molar-refractivity contribution in [3.05, 3.63) is 28.2 Å². The maximum absolute atomic E-state index is 12.2. The molecule has 0 aliphatic carbocycles. The number of anilines is 1. The van der Waals surface area contributed by atoms with Crippen LogP contribution in [0.4, 0.5) is 5.69 Å². The minimum Gasteiger partial charge on any atom is -0.478 e. The van der Waals surface area contributed by atoms with E-state index in [9.17, 15) is 9.59 Å². The quantitative estimate of drug-likeness (QED) is 0.699. The van der Waals surface area contributed by atoms with E-state index < -0.39 is 5.97 Å². The molecule has 21 heavy (non-hydrogen) atoms. The lowest BCUT2D eigenvalue weighted by Gasteiger charge is -2.15. The molecule has 6 heteroatoms. The third-order valence-corrected chi connectivity index (χ3v) is 3.90. The number of benzene rings is 1. The molecule has 0 heterocycles. The molecule has 1 aromatic rings. The van der Waals surface area contributed by atoms with Gasteiger partial charge in [0.1, 0.15) is 0 Å². The fraction of sp³-hybridized carbons (Fsp3) is 0.467. The van der Waals surface area contributed by atoms with Crippen LogP contribution in [-0.4, -0.2) is 23.0 Å². The molecule has 2 unspecified atom stereocenters. The predicted octanol–water partition coefficient (Wildman–Crippen LogP) is 3.24. The summed E-state index contributed by atoms with van der Waals surface area (Å²) in [7, 11) is 0. The number of carboxylic acids is 1. The van der Waals surface area contributed by atoms with Gasteiger partial charge in [0.05, 0.1) is 11.3 Å². The number of para-hydroxylation sites is 1. The van der Waals surface area contributed by atoms with Gasteiger partial charge < -0.3 is 16.2 Å². The molecule has 0 spiro atoms. The van der Waals surface area contributed by atoms with Gasteiger partial charge in [-0.1, -0.05) is 19.4 Å². The van der Waals surface area contributed by atoms with E-state index in [4.69, 9.17) is 10.8 Å². The number of halogens is 1. The summed E-state index contributed by atoms with van der Waals surface area (Å²) < 4.78 is 0.554. The van der Waals surface area contributed by atoms with Crippen LogP contribution in [0.2, 0.25) is 0 Å². The first-order valence-corrected chi connectivity index (χ1v) is 7.70. The molecule has 116 valence electrons. The van der Waals surface area contributed by atoms with E-state index >= 15 is 0 Å². The van der Waals surface area contributed by atoms with Crippen LogP contribution in [0.3, 0.4) is 0 Å². The molecule has 0 fully saturated rings. The average molecular weight is 357 g/mol. The Kier molecular flexibility index (Phi) is 6.84. The largest absolute Gasteiger partial charge is 0.478 e. The summed E-state index contributed by atoms with van der Waals surface area (Å²) in [6.07, 6.45) is 2.46. The van der Waals surface area contributed by atoms with Gasteiger partial charge in [-0.15, -0.1) is 0 Å². The van der Waals surface area contributed by atoms with Crippen LogP contribution >= 0.6 is 15.9 Å². The van der Waals surface area contributed by atoms with Crippen LogP contribution in [0.25, 0.3) is 0 Å². The van der Waals surface area contributed by atoms with Crippen molar-refractivity contribution in [1.82, 2.24) is 0 Å². The molecule has 5 nitrogen and oxygen atoms in total. The zero-order valence-electron chi connectivity index (χ0n) is 12.2. The number of amides is 1. The smallest absolute Gasteiger partial charge is 0.337 e. The number of nitrogens with one attached hydrogen (secondary N) is 1. The van der Waals surface area contributed by atoms with E-state index in [0.717, 1.165) is 19.3 Å². The highest BCUT2D eigenvalue weighted by Gasteiger charge is 2.18. The molecule has 4 N–H and O–H groups in total. The van der Waals surface area contributed by atoms with Gasteiger partial charge in [-0.05, 0) is 47.8 Å². The number of carbonyl (C=O) groups excluding carboxylic acids is 1. The SMILES string of the molecule is CC(N)CCCC(C)C(=O)Nc1c(Br)cccc1C(=O)O. The summed E-state index contributed by atoms with van der Waals surface area (Å²) in [5.41, 5.74) is 6.05. The van der Waals surface area contributed by atoms with E-state index in [1.165, 1.54) is 6.07 Å². The highest BCUT2D eigenvalue weighted by Crippen LogP contribution is 2.27. The summed E-state index contributed by atoms with van der Waals surface area (Å²) in [6, 6.07) is 4.91. The number of aromatic carboxylic acids is 1. The fourth-order valence-corrected chi connectivity index (χ4v) is 2.42. The first kappa shape index (κ1) is 17.7. The van der Waals surface area contributed by atoms with Crippen molar-refractivity contribution in [3.63, 3.8) is 0 Å². The Morgan fingerprint density at radius 3 is 2.57 bits per heavy atom. The topological polar surface area (TPSA) is 92.4 Å². The zero-order valence-corrected chi connectivity index (χ0v) is 13.8. The standard InChI is InChI=1S/C15H21BrN2O3/c1-9(5-3-6-10(2)17)14(19)18-13-11(15(20)21)7-4-8-12(13)16/h4,7-10H,3,5-6,17H2,1-2H3,(H,18,19)(H,20,21). The second-order valence-corrected chi connectivity index (χ2v) is 6.12. The van der Waals surface area contributed by atoms with Gasteiger partial charge >= 0.3 is 5.97 Å². The number of carbonyl (C=O) groups is 2. The summed E-state index contributed by atoms with van der Waals surface area (Å²) in [5.74, 6) is -1.46. The van der Waals surface area contributed by atoms with E-state index in [2.05, 4.69) is 21.2 Å². The van der Waals surface area contributed by atoms with Crippen molar-refractivity contribution in [2.45, 2.75) is 39.2 Å². The van der Waals surface area contributed by atoms with Crippen molar-refractivity contribution in [3.8, 4) is 0 Å². The predicted molar refractivity (Wildman–Crippen MR) is 86.4 cm³/mol. The molecule has 0 bridgehead atoms. The summed E-state index contributed by atoms with van der Waals surface area (Å²) >= 11 is 3.27. The molecule has 2 atom stereocenters. The summed E-state index contributed by atoms with van der Waals surface area (Å²) in [4.78, 5) is 23.3. The first-order valence-electron chi connectivity index (χ1n) is 6.91. The first-order chi connectivity index (χ1) is 9.82. The molecular formula is C15H21BrN2O3. The Morgan fingerprint density at radius 1 is 1.33 bits per heavy atom. The van der Waals surface area contributed by atoms with Crippen molar-refractivity contribution >= 4 is 33.5 Å². The molecule has 1 rings (SSSR count). The highest BCUT2D eigenvalue weighted by atomic mass is 79.9. The summed E-state index contributed by atoms with van der Waals surface area (Å²) in [5, 5.41) is 11.9. The summed E-state index contributed by atoms with van der Waals surface area (Å²) in [6.45, 7) is 3.76. The minimum atomic E-state index is -1.07. The van der Waals surface area contributed by atoms with Crippen molar-refractivity contribution in [1.29, 1.82) is 0 Å². The molecule has 1 amide bonds. The molecule has 0 aliphatic rings. The lowest BCUT2D eigenvalue weighted by Crippen LogP contribution is -2.23. The molecule has 0 saturated carbocycles. The number of rotatable bonds is 7. The number of hydrogen-bond donors (Lipinski definition) is 3. The third-order valence-electron chi connectivity index (χ3n) is 3.24. The fourth-order valence-electron chi connectivity index (χ4n) is 1.95. The van der Waals surface area contributed by atoms with Gasteiger partial charge in [-0.2, -0.15) is 0 Å². The van der Waals surface area contributed by atoms with Crippen molar-refractivity contribution in [2.24, 2.45) is 11.7 Å².